The summed E-state index contributed by atoms with van der Waals surface area (Å²) in [6, 6.07) is 1.98. The second kappa shape index (κ2) is 5.61. The molecule has 0 aromatic carbocycles. The number of nitrogens with zero attached hydrogens (tertiary/aromatic N) is 2. The Balaban J connectivity index is 2.28. The Morgan fingerprint density at radius 2 is 2.31 bits per heavy atom. The van der Waals surface area contributed by atoms with Gasteiger partial charge in [0.2, 0.25) is 0 Å². The first kappa shape index (κ1) is 10.1. The Kier molecular flexibility index (Phi) is 4.35. The van der Waals surface area contributed by atoms with E-state index in [9.17, 15) is 0 Å². The van der Waals surface area contributed by atoms with E-state index in [-0.39, 0.29) is 0 Å². The lowest BCUT2D eigenvalue weighted by Gasteiger charge is -2.02. The summed E-state index contributed by atoms with van der Waals surface area (Å²) in [4.78, 5) is 8.16. The Labute approximate surface area is 78.6 Å². The quantitative estimate of drug-likeness (QED) is 0.636. The first-order chi connectivity index (χ1) is 6.33. The maximum Gasteiger partial charge on any atom is 0.115 e. The van der Waals surface area contributed by atoms with Crippen molar-refractivity contribution < 1.29 is 0 Å². The zero-order chi connectivity index (χ0) is 9.52. The Morgan fingerprint density at radius 1 is 1.46 bits per heavy atom. The highest BCUT2D eigenvalue weighted by atomic mass is 14.9. The van der Waals surface area contributed by atoms with Crippen LogP contribution in [0.15, 0.2) is 12.4 Å². The highest BCUT2D eigenvalue weighted by Crippen LogP contribution is 1.95. The van der Waals surface area contributed by atoms with Gasteiger partial charge in [0.1, 0.15) is 6.33 Å². The van der Waals surface area contributed by atoms with Crippen LogP contribution in [0, 0.1) is 6.92 Å². The van der Waals surface area contributed by atoms with Crippen LogP contribution in [0.4, 0.5) is 0 Å². The molecule has 0 saturated heterocycles. The van der Waals surface area contributed by atoms with Crippen molar-refractivity contribution in [1.82, 2.24) is 15.3 Å². The molecule has 0 atom stereocenters. The topological polar surface area (TPSA) is 63.8 Å². The summed E-state index contributed by atoms with van der Waals surface area (Å²) < 4.78 is 0. The fourth-order valence-corrected chi connectivity index (χ4v) is 1.05. The van der Waals surface area contributed by atoms with Gasteiger partial charge in [0.25, 0.3) is 0 Å². The van der Waals surface area contributed by atoms with Crippen molar-refractivity contribution in [2.24, 2.45) is 5.73 Å². The molecular formula is C9H16N4. The minimum atomic E-state index is 0.732. The van der Waals surface area contributed by atoms with E-state index in [0.717, 1.165) is 37.4 Å². The van der Waals surface area contributed by atoms with Gasteiger partial charge in [-0.2, -0.15) is 0 Å². The molecule has 1 aromatic rings. The number of hydrogen-bond acceptors (Lipinski definition) is 4. The third-order valence-corrected chi connectivity index (χ3v) is 1.72. The molecule has 1 heterocycles. The summed E-state index contributed by atoms with van der Waals surface area (Å²) in [5.41, 5.74) is 7.40. The Hall–Kier alpha value is -1.00. The summed E-state index contributed by atoms with van der Waals surface area (Å²) in [6.07, 6.45) is 2.60. The zero-order valence-corrected chi connectivity index (χ0v) is 7.95. The fourth-order valence-electron chi connectivity index (χ4n) is 1.05. The van der Waals surface area contributed by atoms with E-state index in [1.165, 1.54) is 0 Å². The zero-order valence-electron chi connectivity index (χ0n) is 7.95. The Morgan fingerprint density at radius 3 is 3.00 bits per heavy atom. The molecule has 1 aromatic heterocycles. The summed E-state index contributed by atoms with van der Waals surface area (Å²) in [6.45, 7) is 4.43. The first-order valence-electron chi connectivity index (χ1n) is 4.51. The predicted octanol–water partition coefficient (Wildman–Crippen LogP) is 0.223. The van der Waals surface area contributed by atoms with Crippen molar-refractivity contribution >= 4 is 0 Å². The van der Waals surface area contributed by atoms with Gasteiger partial charge in [-0.05, 0) is 32.5 Å². The fraction of sp³-hybridized carbons (Fsp3) is 0.556. The number of nitrogens with two attached hydrogens (primary N) is 1. The van der Waals surface area contributed by atoms with Crippen LogP contribution >= 0.6 is 0 Å². The van der Waals surface area contributed by atoms with Gasteiger partial charge < -0.3 is 11.1 Å². The van der Waals surface area contributed by atoms with Crippen LogP contribution in [-0.2, 0) is 6.54 Å². The molecule has 72 valence electrons. The molecule has 3 N–H and O–H groups in total. The van der Waals surface area contributed by atoms with Gasteiger partial charge in [-0.15, -0.1) is 0 Å². The van der Waals surface area contributed by atoms with Gasteiger partial charge in [0.15, 0.2) is 0 Å². The third kappa shape index (κ3) is 3.96. The van der Waals surface area contributed by atoms with Crippen molar-refractivity contribution in [3.05, 3.63) is 23.8 Å². The van der Waals surface area contributed by atoms with Gasteiger partial charge >= 0.3 is 0 Å². The molecule has 13 heavy (non-hydrogen) atoms. The third-order valence-electron chi connectivity index (χ3n) is 1.72. The van der Waals surface area contributed by atoms with E-state index in [0.29, 0.717) is 0 Å². The van der Waals surface area contributed by atoms with E-state index in [4.69, 9.17) is 5.73 Å². The minimum Gasteiger partial charge on any atom is -0.330 e. The molecule has 0 radical (unpaired) electrons. The van der Waals surface area contributed by atoms with Gasteiger partial charge in [-0.1, -0.05) is 0 Å². The van der Waals surface area contributed by atoms with Crippen LogP contribution in [-0.4, -0.2) is 23.1 Å². The Bertz CT molecular complexity index is 249. The lowest BCUT2D eigenvalue weighted by molar-refractivity contribution is 0.644. The smallest absolute Gasteiger partial charge is 0.115 e. The monoisotopic (exact) mass is 180 g/mol. The van der Waals surface area contributed by atoms with Gasteiger partial charge in [0.05, 0.1) is 5.69 Å². The molecule has 0 amide bonds. The normalized spacial score (nSPS) is 10.3. The van der Waals surface area contributed by atoms with Crippen LogP contribution in [0.1, 0.15) is 17.8 Å². The minimum absolute atomic E-state index is 0.732. The van der Waals surface area contributed by atoms with Crippen LogP contribution in [0.5, 0.6) is 0 Å². The van der Waals surface area contributed by atoms with Crippen LogP contribution in [0.25, 0.3) is 0 Å². The van der Waals surface area contributed by atoms with Crippen LogP contribution < -0.4 is 11.1 Å². The van der Waals surface area contributed by atoms with Gasteiger partial charge in [-0.3, -0.25) is 0 Å². The summed E-state index contributed by atoms with van der Waals surface area (Å²) in [5.74, 6) is 0. The first-order valence-corrected chi connectivity index (χ1v) is 4.51. The molecule has 0 aliphatic rings. The van der Waals surface area contributed by atoms with Crippen molar-refractivity contribution in [2.45, 2.75) is 19.9 Å². The molecule has 0 fully saturated rings. The lowest BCUT2D eigenvalue weighted by atomic mass is 10.3. The van der Waals surface area contributed by atoms with E-state index in [1.807, 2.05) is 13.0 Å². The van der Waals surface area contributed by atoms with Crippen molar-refractivity contribution in [1.29, 1.82) is 0 Å². The lowest BCUT2D eigenvalue weighted by Crippen LogP contribution is -2.18. The molecule has 0 aliphatic heterocycles. The second-order valence-electron chi connectivity index (χ2n) is 2.97. The number of nitrogens with one attached hydrogen (secondary N) is 1. The second-order valence-corrected chi connectivity index (χ2v) is 2.97. The predicted molar refractivity (Wildman–Crippen MR) is 52.1 cm³/mol. The molecule has 4 nitrogen and oxygen atoms in total. The number of aromatic nitrogens is 2. The average Bonchev–Trinajstić information content (AvgIpc) is 2.13. The van der Waals surface area contributed by atoms with Crippen molar-refractivity contribution in [3.8, 4) is 0 Å². The summed E-state index contributed by atoms with van der Waals surface area (Å²) in [7, 11) is 0. The average molecular weight is 180 g/mol. The SMILES string of the molecule is Cc1cc(CNCCCN)ncn1. The number of rotatable bonds is 5. The number of aryl methyl sites for hydroxylation is 1. The molecule has 0 bridgehead atoms. The van der Waals surface area contributed by atoms with Gasteiger partial charge in [-0.25, -0.2) is 9.97 Å². The molecule has 0 saturated carbocycles. The van der Waals surface area contributed by atoms with E-state index >= 15 is 0 Å². The molecule has 1 rings (SSSR count). The largest absolute Gasteiger partial charge is 0.330 e. The molecule has 4 heteroatoms. The maximum absolute atomic E-state index is 5.37. The summed E-state index contributed by atoms with van der Waals surface area (Å²) in [5, 5.41) is 3.26. The van der Waals surface area contributed by atoms with Crippen LogP contribution in [0.2, 0.25) is 0 Å². The van der Waals surface area contributed by atoms with Crippen molar-refractivity contribution in [3.63, 3.8) is 0 Å². The molecule has 0 aliphatic carbocycles. The van der Waals surface area contributed by atoms with E-state index in [1.54, 1.807) is 6.33 Å². The molecular weight excluding hydrogens is 164 g/mol. The van der Waals surface area contributed by atoms with Crippen LogP contribution in [0.3, 0.4) is 0 Å². The highest BCUT2D eigenvalue weighted by Gasteiger charge is 1.93. The van der Waals surface area contributed by atoms with E-state index in [2.05, 4.69) is 15.3 Å². The van der Waals surface area contributed by atoms with E-state index < -0.39 is 0 Å². The van der Waals surface area contributed by atoms with Gasteiger partial charge in [0, 0.05) is 12.2 Å². The summed E-state index contributed by atoms with van der Waals surface area (Å²) >= 11 is 0. The molecule has 0 spiro atoms. The standard InChI is InChI=1S/C9H16N4/c1-8-5-9(13-7-12-8)6-11-4-2-3-10/h5,7,11H,2-4,6,10H2,1H3. The van der Waals surface area contributed by atoms with Crippen molar-refractivity contribution in [2.75, 3.05) is 13.1 Å². The maximum atomic E-state index is 5.37. The highest BCUT2D eigenvalue weighted by molar-refractivity contribution is 5.05. The molecule has 0 unspecified atom stereocenters. The number of hydrogen-bond donors (Lipinski definition) is 2.